The molecule has 0 N–H and O–H groups in total. The van der Waals surface area contributed by atoms with Crippen molar-refractivity contribution in [2.75, 3.05) is 4.31 Å². The number of nitrogens with zero attached hydrogens (tertiary/aromatic N) is 1. The molecule has 0 bridgehead atoms. The van der Waals surface area contributed by atoms with E-state index in [1.807, 2.05) is 13.0 Å². The minimum atomic E-state index is -3.62. The molecule has 0 radical (unpaired) electrons. The summed E-state index contributed by atoms with van der Waals surface area (Å²) in [6, 6.07) is 11.9. The van der Waals surface area contributed by atoms with Crippen LogP contribution in [-0.4, -0.2) is 14.5 Å². The maximum atomic E-state index is 13.0. The Hall–Kier alpha value is -1.78. The van der Waals surface area contributed by atoms with Crippen LogP contribution in [0, 0.1) is 6.92 Å². The van der Waals surface area contributed by atoms with Crippen LogP contribution in [0.1, 0.15) is 11.1 Å². The Morgan fingerprint density at radius 1 is 1.23 bits per heavy atom. The Morgan fingerprint density at radius 3 is 2.55 bits per heavy atom. The Labute approximate surface area is 135 Å². The van der Waals surface area contributed by atoms with Crippen molar-refractivity contribution in [2.24, 2.45) is 0 Å². The van der Waals surface area contributed by atoms with Gasteiger partial charge in [0.15, 0.2) is 0 Å². The quantitative estimate of drug-likeness (QED) is 0.797. The molecule has 0 fully saturated rings. The van der Waals surface area contributed by atoms with Crippen LogP contribution in [0.3, 0.4) is 0 Å². The number of sulfonamides is 1. The van der Waals surface area contributed by atoms with Gasteiger partial charge >= 0.3 is 0 Å². The number of benzene rings is 2. The van der Waals surface area contributed by atoms with Crippen LogP contribution in [-0.2, 0) is 16.4 Å². The molecule has 1 unspecified atom stereocenters. The number of aryl methyl sites for hydroxylation is 1. The van der Waals surface area contributed by atoms with E-state index in [1.54, 1.807) is 42.5 Å². The highest BCUT2D eigenvalue weighted by Crippen LogP contribution is 2.38. The molecule has 1 heterocycles. The molecule has 114 valence electrons. The average Bonchev–Trinajstić information content (AvgIpc) is 2.85. The van der Waals surface area contributed by atoms with Crippen molar-refractivity contribution >= 4 is 27.3 Å². The zero-order valence-corrected chi connectivity index (χ0v) is 13.7. The number of halogens is 1. The molecule has 2 aromatic rings. The predicted octanol–water partition coefficient (Wildman–Crippen LogP) is 3.95. The summed E-state index contributed by atoms with van der Waals surface area (Å²) in [5, 5.41) is 0.608. The zero-order chi connectivity index (χ0) is 15.9. The second kappa shape index (κ2) is 5.45. The van der Waals surface area contributed by atoms with Gasteiger partial charge in [0.05, 0.1) is 16.6 Å². The summed E-state index contributed by atoms with van der Waals surface area (Å²) in [7, 11) is -3.62. The van der Waals surface area contributed by atoms with Gasteiger partial charge < -0.3 is 0 Å². The predicted molar refractivity (Wildman–Crippen MR) is 90.0 cm³/mol. The Kier molecular flexibility index (Phi) is 3.75. The first-order chi connectivity index (χ1) is 10.4. The molecule has 0 spiro atoms. The van der Waals surface area contributed by atoms with E-state index in [4.69, 9.17) is 11.6 Å². The smallest absolute Gasteiger partial charge is 0.259 e. The van der Waals surface area contributed by atoms with Crippen molar-refractivity contribution in [2.45, 2.75) is 24.3 Å². The largest absolute Gasteiger partial charge is 0.264 e. The van der Waals surface area contributed by atoms with Gasteiger partial charge in [-0.1, -0.05) is 35.4 Å². The summed E-state index contributed by atoms with van der Waals surface area (Å²) in [5.74, 6) is 0. The minimum Gasteiger partial charge on any atom is -0.259 e. The van der Waals surface area contributed by atoms with Gasteiger partial charge in [0.2, 0.25) is 0 Å². The first-order valence-electron chi connectivity index (χ1n) is 6.95. The fraction of sp³-hybridized carbons (Fsp3) is 0.176. The van der Waals surface area contributed by atoms with Crippen LogP contribution in [0.5, 0.6) is 0 Å². The van der Waals surface area contributed by atoms with E-state index >= 15 is 0 Å². The van der Waals surface area contributed by atoms with E-state index in [1.165, 1.54) is 4.31 Å². The molecule has 2 aromatic carbocycles. The van der Waals surface area contributed by atoms with Crippen molar-refractivity contribution in [3.63, 3.8) is 0 Å². The van der Waals surface area contributed by atoms with E-state index in [0.717, 1.165) is 11.1 Å². The van der Waals surface area contributed by atoms with Crippen molar-refractivity contribution in [1.82, 2.24) is 0 Å². The number of hydrogen-bond donors (Lipinski definition) is 0. The summed E-state index contributed by atoms with van der Waals surface area (Å²) < 4.78 is 27.5. The molecule has 1 aliphatic rings. The lowest BCUT2D eigenvalue weighted by Crippen LogP contribution is -2.36. The average molecular weight is 334 g/mol. The van der Waals surface area contributed by atoms with Crippen molar-refractivity contribution in [1.29, 1.82) is 0 Å². The van der Waals surface area contributed by atoms with E-state index < -0.39 is 10.0 Å². The monoisotopic (exact) mass is 333 g/mol. The van der Waals surface area contributed by atoms with Gasteiger partial charge in [0.25, 0.3) is 10.0 Å². The zero-order valence-electron chi connectivity index (χ0n) is 12.2. The van der Waals surface area contributed by atoms with Crippen molar-refractivity contribution < 1.29 is 8.42 Å². The topological polar surface area (TPSA) is 37.4 Å². The maximum absolute atomic E-state index is 13.0. The molecule has 5 heteroatoms. The number of hydrogen-bond acceptors (Lipinski definition) is 2. The molecule has 0 aliphatic carbocycles. The molecule has 1 atom stereocenters. The summed E-state index contributed by atoms with van der Waals surface area (Å²) in [6.45, 7) is 5.71. The second-order valence-electron chi connectivity index (χ2n) is 5.39. The highest BCUT2D eigenvalue weighted by atomic mass is 35.5. The SMILES string of the molecule is C=CC1Cc2cc(Cl)ccc2N1S(=O)(=O)c1ccc(C)cc1. The Balaban J connectivity index is 2.13. The molecule has 1 aliphatic heterocycles. The molecule has 0 amide bonds. The van der Waals surface area contributed by atoms with Gasteiger partial charge in [-0.15, -0.1) is 6.58 Å². The van der Waals surface area contributed by atoms with Crippen molar-refractivity contribution in [3.05, 3.63) is 71.3 Å². The molecule has 0 aromatic heterocycles. The fourth-order valence-electron chi connectivity index (χ4n) is 2.73. The minimum absolute atomic E-state index is 0.285. The first-order valence-corrected chi connectivity index (χ1v) is 8.77. The van der Waals surface area contributed by atoms with Crippen molar-refractivity contribution in [3.8, 4) is 0 Å². The fourth-order valence-corrected chi connectivity index (χ4v) is 4.59. The van der Waals surface area contributed by atoms with Gasteiger partial charge in [0, 0.05) is 5.02 Å². The normalized spacial score (nSPS) is 17.4. The van der Waals surface area contributed by atoms with Crippen LogP contribution < -0.4 is 4.31 Å². The van der Waals surface area contributed by atoms with Gasteiger partial charge in [0.1, 0.15) is 0 Å². The molecule has 22 heavy (non-hydrogen) atoms. The third-order valence-corrected chi connectivity index (χ3v) is 5.95. The van der Waals surface area contributed by atoms with Crippen LogP contribution in [0.2, 0.25) is 5.02 Å². The molecular formula is C17H16ClNO2S. The number of anilines is 1. The number of rotatable bonds is 3. The van der Waals surface area contributed by atoms with Crippen LogP contribution in [0.4, 0.5) is 5.69 Å². The lowest BCUT2D eigenvalue weighted by Gasteiger charge is -2.25. The second-order valence-corrected chi connectivity index (χ2v) is 7.65. The summed E-state index contributed by atoms with van der Waals surface area (Å²) in [6.07, 6.45) is 2.25. The molecular weight excluding hydrogens is 318 g/mol. The molecule has 0 saturated carbocycles. The van der Waals surface area contributed by atoms with E-state index in [0.29, 0.717) is 17.1 Å². The third kappa shape index (κ3) is 2.42. The Morgan fingerprint density at radius 2 is 1.91 bits per heavy atom. The van der Waals surface area contributed by atoms with E-state index in [2.05, 4.69) is 6.58 Å². The maximum Gasteiger partial charge on any atom is 0.264 e. The van der Waals surface area contributed by atoms with Gasteiger partial charge in [-0.05, 0) is 49.2 Å². The summed E-state index contributed by atoms with van der Waals surface area (Å²) in [4.78, 5) is 0.285. The molecule has 3 nitrogen and oxygen atoms in total. The first kappa shape index (κ1) is 15.1. The highest BCUT2D eigenvalue weighted by molar-refractivity contribution is 7.92. The van der Waals surface area contributed by atoms with E-state index in [-0.39, 0.29) is 10.9 Å². The summed E-state index contributed by atoms with van der Waals surface area (Å²) in [5.41, 5.74) is 2.62. The third-order valence-electron chi connectivity index (χ3n) is 3.86. The Bertz CT molecular complexity index is 828. The lowest BCUT2D eigenvalue weighted by atomic mass is 10.1. The van der Waals surface area contributed by atoms with Gasteiger partial charge in [-0.25, -0.2) is 8.42 Å². The van der Waals surface area contributed by atoms with Crippen LogP contribution >= 0.6 is 11.6 Å². The summed E-state index contributed by atoms with van der Waals surface area (Å²) >= 11 is 6.02. The van der Waals surface area contributed by atoms with E-state index in [9.17, 15) is 8.42 Å². The van der Waals surface area contributed by atoms with Gasteiger partial charge in [-0.3, -0.25) is 4.31 Å². The van der Waals surface area contributed by atoms with Crippen LogP contribution in [0.15, 0.2) is 60.0 Å². The molecule has 3 rings (SSSR count). The number of fused-ring (bicyclic) bond motifs is 1. The molecule has 0 saturated heterocycles. The van der Waals surface area contributed by atoms with Crippen LogP contribution in [0.25, 0.3) is 0 Å². The highest BCUT2D eigenvalue weighted by Gasteiger charge is 2.36. The lowest BCUT2D eigenvalue weighted by molar-refractivity contribution is 0.588. The standard InChI is InChI=1S/C17H16ClNO2S/c1-3-15-11-13-10-14(18)6-9-17(13)19(15)22(20,21)16-7-4-12(2)5-8-16/h3-10,15H,1,11H2,2H3. The van der Waals surface area contributed by atoms with Gasteiger partial charge in [-0.2, -0.15) is 0 Å².